The summed E-state index contributed by atoms with van der Waals surface area (Å²) in [4.78, 5) is 26.7. The maximum absolute atomic E-state index is 13.7. The number of ketones is 1. The van der Waals surface area contributed by atoms with Crippen molar-refractivity contribution in [3.63, 3.8) is 0 Å². The zero-order valence-electron chi connectivity index (χ0n) is 20.1. The molecule has 2 N–H and O–H groups in total. The van der Waals surface area contributed by atoms with E-state index < -0.39 is 11.9 Å². The monoisotopic (exact) mass is 541 g/mol. The van der Waals surface area contributed by atoms with E-state index in [1.807, 2.05) is 31.2 Å². The molecule has 184 valence electrons. The van der Waals surface area contributed by atoms with Gasteiger partial charge >= 0.3 is 5.97 Å². The number of aromatic hydroxyl groups is 1. The zero-order valence-corrected chi connectivity index (χ0v) is 21.7. The van der Waals surface area contributed by atoms with Crippen LogP contribution in [-0.2, 0) is 14.3 Å². The number of dihydropyridines is 1. The van der Waals surface area contributed by atoms with Crippen LogP contribution in [0.2, 0.25) is 0 Å². The van der Waals surface area contributed by atoms with Gasteiger partial charge in [-0.25, -0.2) is 4.79 Å². The van der Waals surface area contributed by atoms with Crippen molar-refractivity contribution in [3.8, 4) is 17.2 Å². The largest absolute Gasteiger partial charge is 0.503 e. The number of methoxy groups -OCH3 is 2. The van der Waals surface area contributed by atoms with E-state index in [0.29, 0.717) is 39.7 Å². The number of esters is 1. The highest BCUT2D eigenvalue weighted by Crippen LogP contribution is 2.48. The lowest BCUT2D eigenvalue weighted by Gasteiger charge is -2.37. The van der Waals surface area contributed by atoms with Crippen molar-refractivity contribution in [3.05, 3.63) is 74.5 Å². The van der Waals surface area contributed by atoms with E-state index in [1.54, 1.807) is 26.2 Å². The summed E-state index contributed by atoms with van der Waals surface area (Å²) >= 11 is 3.37. The predicted octanol–water partition coefficient (Wildman–Crippen LogP) is 5.10. The lowest BCUT2D eigenvalue weighted by molar-refractivity contribution is -0.138. The molecule has 35 heavy (non-hydrogen) atoms. The van der Waals surface area contributed by atoms with Crippen molar-refractivity contribution < 1.29 is 28.9 Å². The molecule has 0 radical (unpaired) electrons. The first kappa shape index (κ1) is 24.9. The molecule has 0 bridgehead atoms. The third-order valence-electron chi connectivity index (χ3n) is 6.51. The number of nitrogens with one attached hydrogen (secondary N) is 1. The molecular formula is C27H28BrNO6. The Kier molecular flexibility index (Phi) is 7.21. The van der Waals surface area contributed by atoms with E-state index in [0.717, 1.165) is 17.0 Å². The van der Waals surface area contributed by atoms with Gasteiger partial charge < -0.3 is 24.6 Å². The average Bonchev–Trinajstić information content (AvgIpc) is 2.84. The van der Waals surface area contributed by atoms with Gasteiger partial charge in [0, 0.05) is 29.3 Å². The number of carbonyl (C=O) groups is 2. The van der Waals surface area contributed by atoms with Crippen LogP contribution in [-0.4, -0.2) is 37.7 Å². The van der Waals surface area contributed by atoms with Gasteiger partial charge in [-0.15, -0.1) is 0 Å². The lowest BCUT2D eigenvalue weighted by atomic mass is 9.71. The average molecular weight is 542 g/mol. The van der Waals surface area contributed by atoms with Crippen LogP contribution in [0.25, 0.3) is 0 Å². The van der Waals surface area contributed by atoms with Crippen molar-refractivity contribution in [1.82, 2.24) is 5.32 Å². The fourth-order valence-corrected chi connectivity index (χ4v) is 5.34. The summed E-state index contributed by atoms with van der Waals surface area (Å²) in [5.41, 5.74) is 4.05. The number of carbonyl (C=O) groups excluding carboxylic acids is 2. The standard InChI is InChI=1S/C27H28BrNO6/c1-5-35-27(32)23-14(2)29-20-11-16(15-6-8-18(33-3)9-7-15)12-21(30)25(20)24(23)17-10-19(28)26(31)22(13-17)34-4/h6-10,13,16,24,29,31H,5,11-12H2,1-4H3/t16-,24-/m1/s1. The molecule has 4 rings (SSSR count). The first-order valence-corrected chi connectivity index (χ1v) is 12.2. The minimum absolute atomic E-state index is 0.00154. The summed E-state index contributed by atoms with van der Waals surface area (Å²) in [5.74, 6) is -0.220. The van der Waals surface area contributed by atoms with Crippen LogP contribution in [0.4, 0.5) is 0 Å². The molecule has 0 spiro atoms. The number of hydrogen-bond acceptors (Lipinski definition) is 7. The smallest absolute Gasteiger partial charge is 0.336 e. The molecule has 1 aliphatic heterocycles. The number of ether oxygens (including phenoxy) is 3. The second kappa shape index (κ2) is 10.2. The maximum Gasteiger partial charge on any atom is 0.336 e. The second-order valence-electron chi connectivity index (χ2n) is 8.56. The Bertz CT molecular complexity index is 1230. The second-order valence-corrected chi connectivity index (χ2v) is 9.42. The minimum Gasteiger partial charge on any atom is -0.503 e. The predicted molar refractivity (Wildman–Crippen MR) is 135 cm³/mol. The lowest BCUT2D eigenvalue weighted by Crippen LogP contribution is -2.36. The van der Waals surface area contributed by atoms with Crippen molar-refractivity contribution in [2.45, 2.75) is 38.5 Å². The molecule has 2 aliphatic rings. The number of rotatable bonds is 6. The number of phenolic OH excluding ortho intramolecular Hbond substituents is 1. The molecule has 1 aliphatic carbocycles. The molecule has 0 aromatic heterocycles. The quantitative estimate of drug-likeness (QED) is 0.491. The molecule has 7 nitrogen and oxygen atoms in total. The van der Waals surface area contributed by atoms with E-state index in [9.17, 15) is 14.7 Å². The Morgan fingerprint density at radius 1 is 1.11 bits per heavy atom. The van der Waals surface area contributed by atoms with Gasteiger partial charge in [0.15, 0.2) is 17.3 Å². The summed E-state index contributed by atoms with van der Waals surface area (Å²) in [6, 6.07) is 11.1. The summed E-state index contributed by atoms with van der Waals surface area (Å²) in [6.07, 6.45) is 0.933. The number of halogens is 1. The molecule has 0 amide bonds. The van der Waals surface area contributed by atoms with Crippen LogP contribution in [0, 0.1) is 0 Å². The molecule has 0 unspecified atom stereocenters. The molecule has 0 saturated carbocycles. The number of Topliss-reactive ketones (excluding diaryl/α,β-unsaturated/α-hetero) is 1. The SMILES string of the molecule is CCOC(=O)C1=C(C)NC2=C(C(=O)C[C@H](c3ccc(OC)cc3)C2)[C@@H]1c1cc(Br)c(O)c(OC)c1. The summed E-state index contributed by atoms with van der Waals surface area (Å²) < 4.78 is 16.4. The summed E-state index contributed by atoms with van der Waals surface area (Å²) in [5, 5.41) is 13.7. The van der Waals surface area contributed by atoms with Crippen molar-refractivity contribution in [1.29, 1.82) is 0 Å². The molecule has 0 fully saturated rings. The molecule has 8 heteroatoms. The Morgan fingerprint density at radius 3 is 2.46 bits per heavy atom. The topological polar surface area (TPSA) is 94.1 Å². The fourth-order valence-electron chi connectivity index (χ4n) is 4.88. The van der Waals surface area contributed by atoms with E-state index in [4.69, 9.17) is 14.2 Å². The Labute approximate surface area is 212 Å². The van der Waals surface area contributed by atoms with Crippen molar-refractivity contribution >= 4 is 27.7 Å². The zero-order chi connectivity index (χ0) is 25.3. The van der Waals surface area contributed by atoms with Crippen molar-refractivity contribution in [2.75, 3.05) is 20.8 Å². The van der Waals surface area contributed by atoms with Gasteiger partial charge in [-0.05, 0) is 77.5 Å². The van der Waals surface area contributed by atoms with Gasteiger partial charge in [0.1, 0.15) is 5.75 Å². The van der Waals surface area contributed by atoms with Crippen LogP contribution in [0.3, 0.4) is 0 Å². The van der Waals surface area contributed by atoms with E-state index in [1.165, 1.54) is 7.11 Å². The molecule has 2 aromatic carbocycles. The van der Waals surface area contributed by atoms with Crippen LogP contribution in [0.15, 0.2) is 63.4 Å². The summed E-state index contributed by atoms with van der Waals surface area (Å²) in [7, 11) is 3.08. The number of phenols is 1. The molecule has 0 saturated heterocycles. The Balaban J connectivity index is 1.82. The normalized spacial score (nSPS) is 19.7. The Hall–Kier alpha value is -3.26. The third kappa shape index (κ3) is 4.67. The molecule has 1 heterocycles. The van der Waals surface area contributed by atoms with Crippen molar-refractivity contribution in [2.24, 2.45) is 0 Å². The van der Waals surface area contributed by atoms with Crippen LogP contribution in [0.1, 0.15) is 49.7 Å². The van der Waals surface area contributed by atoms with Gasteiger partial charge in [0.25, 0.3) is 0 Å². The fraction of sp³-hybridized carbons (Fsp3) is 0.333. The Morgan fingerprint density at radius 2 is 1.83 bits per heavy atom. The highest BCUT2D eigenvalue weighted by molar-refractivity contribution is 9.10. The van der Waals surface area contributed by atoms with E-state index in [2.05, 4.69) is 21.2 Å². The first-order chi connectivity index (χ1) is 16.8. The van der Waals surface area contributed by atoms with Gasteiger partial charge in [-0.3, -0.25) is 4.79 Å². The number of allylic oxidation sites excluding steroid dienone is 3. The van der Waals surface area contributed by atoms with Crippen LogP contribution < -0.4 is 14.8 Å². The molecule has 2 aromatic rings. The number of benzene rings is 2. The van der Waals surface area contributed by atoms with E-state index >= 15 is 0 Å². The van der Waals surface area contributed by atoms with Gasteiger partial charge in [-0.2, -0.15) is 0 Å². The maximum atomic E-state index is 13.7. The van der Waals surface area contributed by atoms with Gasteiger partial charge in [0.05, 0.1) is 30.9 Å². The van der Waals surface area contributed by atoms with Crippen LogP contribution >= 0.6 is 15.9 Å². The number of hydrogen-bond donors (Lipinski definition) is 2. The summed E-state index contributed by atoms with van der Waals surface area (Å²) in [6.45, 7) is 3.77. The van der Waals surface area contributed by atoms with Gasteiger partial charge in [-0.1, -0.05) is 12.1 Å². The van der Waals surface area contributed by atoms with Crippen LogP contribution in [0.5, 0.6) is 17.2 Å². The molecule has 2 atom stereocenters. The minimum atomic E-state index is -0.652. The van der Waals surface area contributed by atoms with Gasteiger partial charge in [0.2, 0.25) is 0 Å². The molecular weight excluding hydrogens is 514 g/mol. The first-order valence-electron chi connectivity index (χ1n) is 11.4. The third-order valence-corrected chi connectivity index (χ3v) is 7.12. The highest BCUT2D eigenvalue weighted by atomic mass is 79.9. The van der Waals surface area contributed by atoms with E-state index in [-0.39, 0.29) is 29.8 Å². The highest BCUT2D eigenvalue weighted by Gasteiger charge is 2.41.